The van der Waals surface area contributed by atoms with Gasteiger partial charge in [0.1, 0.15) is 17.1 Å². The van der Waals surface area contributed by atoms with Crippen LogP contribution in [-0.2, 0) is 0 Å². The zero-order valence-corrected chi connectivity index (χ0v) is 17.5. The van der Waals surface area contributed by atoms with Crippen LogP contribution in [0.25, 0.3) is 33.5 Å². The number of aromatic nitrogens is 2. The predicted molar refractivity (Wildman–Crippen MR) is 124 cm³/mol. The summed E-state index contributed by atoms with van der Waals surface area (Å²) in [6, 6.07) is 22.0. The third-order valence-corrected chi connectivity index (χ3v) is 5.15. The summed E-state index contributed by atoms with van der Waals surface area (Å²) in [5, 5.41) is 5.85. The van der Waals surface area contributed by atoms with E-state index in [0.717, 1.165) is 5.39 Å². The number of ether oxygens (including phenoxy) is 2. The smallest absolute Gasteiger partial charge is 0.282 e. The van der Waals surface area contributed by atoms with Crippen molar-refractivity contribution >= 4 is 28.1 Å². The van der Waals surface area contributed by atoms with Crippen LogP contribution in [0.2, 0.25) is 0 Å². The van der Waals surface area contributed by atoms with Crippen LogP contribution < -0.4 is 15.0 Å². The first-order valence-corrected chi connectivity index (χ1v) is 9.95. The highest BCUT2D eigenvalue weighted by molar-refractivity contribution is 5.86. The number of methoxy groups -OCH3 is 2. The summed E-state index contributed by atoms with van der Waals surface area (Å²) in [6.07, 6.45) is 1.56. The molecular formula is C25H19N3O4. The van der Waals surface area contributed by atoms with Gasteiger partial charge in [-0.1, -0.05) is 30.3 Å². The molecule has 0 unspecified atom stereocenters. The zero-order chi connectivity index (χ0) is 22.1. The third-order valence-electron chi connectivity index (χ3n) is 5.15. The molecule has 5 rings (SSSR count). The second kappa shape index (κ2) is 8.03. The van der Waals surface area contributed by atoms with E-state index >= 15 is 0 Å². The van der Waals surface area contributed by atoms with Crippen LogP contribution in [0.3, 0.4) is 0 Å². The van der Waals surface area contributed by atoms with Gasteiger partial charge >= 0.3 is 0 Å². The minimum atomic E-state index is -0.296. The predicted octanol–water partition coefficient (Wildman–Crippen LogP) is 4.71. The molecule has 2 aromatic heterocycles. The van der Waals surface area contributed by atoms with E-state index < -0.39 is 0 Å². The molecule has 5 aromatic rings. The average molecular weight is 425 g/mol. The number of benzene rings is 3. The molecule has 158 valence electrons. The van der Waals surface area contributed by atoms with Gasteiger partial charge in [0, 0.05) is 17.0 Å². The number of fused-ring (bicyclic) bond motifs is 2. The lowest BCUT2D eigenvalue weighted by atomic mass is 10.2. The number of hydrogen-bond acceptors (Lipinski definition) is 6. The molecule has 0 aliphatic rings. The highest BCUT2D eigenvalue weighted by Crippen LogP contribution is 2.27. The van der Waals surface area contributed by atoms with E-state index in [4.69, 9.17) is 13.9 Å². The summed E-state index contributed by atoms with van der Waals surface area (Å²) < 4.78 is 17.9. The standard InChI is InChI=1S/C25H19N3O4/c1-30-18-12-11-17(22(14-18)31-2)15-26-28-24(23-13-16-7-3-6-10-21(16)32-23)27-20-9-5-4-8-19(20)25(28)29/h3-15H,1-2H3. The highest BCUT2D eigenvalue weighted by atomic mass is 16.5. The fourth-order valence-corrected chi connectivity index (χ4v) is 3.53. The summed E-state index contributed by atoms with van der Waals surface area (Å²) in [5.41, 5.74) is 1.66. The van der Waals surface area contributed by atoms with Crippen LogP contribution in [-0.4, -0.2) is 30.1 Å². The maximum atomic E-state index is 13.3. The summed E-state index contributed by atoms with van der Waals surface area (Å²) in [6.45, 7) is 0. The maximum Gasteiger partial charge on any atom is 0.282 e. The van der Waals surface area contributed by atoms with Crippen molar-refractivity contribution in [3.63, 3.8) is 0 Å². The van der Waals surface area contributed by atoms with Crippen molar-refractivity contribution in [2.45, 2.75) is 0 Å². The van der Waals surface area contributed by atoms with E-state index in [0.29, 0.717) is 45.1 Å². The molecule has 7 nitrogen and oxygen atoms in total. The van der Waals surface area contributed by atoms with Crippen LogP contribution in [0.1, 0.15) is 5.56 Å². The maximum absolute atomic E-state index is 13.3. The first kappa shape index (κ1) is 19.6. The Balaban J connectivity index is 1.71. The quantitative estimate of drug-likeness (QED) is 0.381. The van der Waals surface area contributed by atoms with Gasteiger partial charge in [0.15, 0.2) is 5.76 Å². The average Bonchev–Trinajstić information content (AvgIpc) is 3.27. The molecule has 0 spiro atoms. The van der Waals surface area contributed by atoms with Gasteiger partial charge in [0.25, 0.3) is 5.56 Å². The van der Waals surface area contributed by atoms with Crippen molar-refractivity contribution in [3.05, 3.63) is 88.7 Å². The Morgan fingerprint density at radius 2 is 1.78 bits per heavy atom. The second-order valence-electron chi connectivity index (χ2n) is 7.07. The zero-order valence-electron chi connectivity index (χ0n) is 17.5. The van der Waals surface area contributed by atoms with Gasteiger partial charge in [-0.3, -0.25) is 4.79 Å². The van der Waals surface area contributed by atoms with Crippen LogP contribution in [0.15, 0.2) is 87.1 Å². The van der Waals surface area contributed by atoms with Crippen molar-refractivity contribution in [3.8, 4) is 23.1 Å². The minimum absolute atomic E-state index is 0.296. The van der Waals surface area contributed by atoms with Crippen LogP contribution in [0, 0.1) is 0 Å². The van der Waals surface area contributed by atoms with Gasteiger partial charge in [-0.15, -0.1) is 0 Å². The Bertz CT molecular complexity index is 1500. The summed E-state index contributed by atoms with van der Waals surface area (Å²) in [4.78, 5) is 18.0. The van der Waals surface area contributed by atoms with E-state index in [1.54, 1.807) is 50.8 Å². The summed E-state index contributed by atoms with van der Waals surface area (Å²) >= 11 is 0. The molecule has 0 saturated heterocycles. The minimum Gasteiger partial charge on any atom is -0.497 e. The van der Waals surface area contributed by atoms with E-state index in [9.17, 15) is 4.79 Å². The van der Waals surface area contributed by atoms with Gasteiger partial charge in [0.2, 0.25) is 5.82 Å². The Kier molecular flexibility index (Phi) is 4.91. The first-order valence-electron chi connectivity index (χ1n) is 9.95. The lowest BCUT2D eigenvalue weighted by Crippen LogP contribution is -2.20. The summed E-state index contributed by atoms with van der Waals surface area (Å²) in [5.74, 6) is 1.99. The van der Waals surface area contributed by atoms with Gasteiger partial charge in [-0.2, -0.15) is 9.78 Å². The van der Waals surface area contributed by atoms with Gasteiger partial charge in [0.05, 0.1) is 31.3 Å². The Morgan fingerprint density at radius 1 is 0.969 bits per heavy atom. The molecule has 2 heterocycles. The second-order valence-corrected chi connectivity index (χ2v) is 7.07. The molecule has 0 atom stereocenters. The van der Waals surface area contributed by atoms with Crippen molar-refractivity contribution in [1.29, 1.82) is 0 Å². The Morgan fingerprint density at radius 3 is 2.59 bits per heavy atom. The molecule has 0 aliphatic heterocycles. The molecule has 0 saturated carbocycles. The molecule has 32 heavy (non-hydrogen) atoms. The fourth-order valence-electron chi connectivity index (χ4n) is 3.53. The number of hydrogen-bond donors (Lipinski definition) is 0. The van der Waals surface area contributed by atoms with Crippen LogP contribution in [0.4, 0.5) is 0 Å². The topological polar surface area (TPSA) is 78.9 Å². The molecule has 0 N–H and O–H groups in total. The third kappa shape index (κ3) is 3.39. The van der Waals surface area contributed by atoms with Gasteiger partial charge < -0.3 is 13.9 Å². The number of para-hydroxylation sites is 2. The molecule has 0 fully saturated rings. The first-order chi connectivity index (χ1) is 15.7. The van der Waals surface area contributed by atoms with Crippen molar-refractivity contribution in [2.24, 2.45) is 5.10 Å². The molecule has 0 amide bonds. The molecule has 0 bridgehead atoms. The molecule has 7 heteroatoms. The largest absolute Gasteiger partial charge is 0.497 e. The van der Waals surface area contributed by atoms with Crippen molar-refractivity contribution < 1.29 is 13.9 Å². The SMILES string of the molecule is COc1ccc(C=Nn2c(-c3cc4ccccc4o3)nc3ccccc3c2=O)c(OC)c1. The summed E-state index contributed by atoms with van der Waals surface area (Å²) in [7, 11) is 3.15. The van der Waals surface area contributed by atoms with Crippen LogP contribution in [0.5, 0.6) is 11.5 Å². The van der Waals surface area contributed by atoms with Crippen molar-refractivity contribution in [1.82, 2.24) is 9.66 Å². The van der Waals surface area contributed by atoms with Crippen molar-refractivity contribution in [2.75, 3.05) is 14.2 Å². The fraction of sp³-hybridized carbons (Fsp3) is 0.0800. The van der Waals surface area contributed by atoms with Gasteiger partial charge in [-0.25, -0.2) is 4.98 Å². The molecule has 3 aromatic carbocycles. The molecule has 0 radical (unpaired) electrons. The van der Waals surface area contributed by atoms with E-state index in [1.807, 2.05) is 42.5 Å². The molecular weight excluding hydrogens is 406 g/mol. The Labute approximate surface area is 183 Å². The van der Waals surface area contributed by atoms with E-state index in [1.165, 1.54) is 4.68 Å². The lowest BCUT2D eigenvalue weighted by molar-refractivity contribution is 0.394. The number of nitrogens with zero attached hydrogens (tertiary/aromatic N) is 3. The monoisotopic (exact) mass is 425 g/mol. The van der Waals surface area contributed by atoms with Gasteiger partial charge in [-0.05, 0) is 36.4 Å². The lowest BCUT2D eigenvalue weighted by Gasteiger charge is -2.09. The Hall–Kier alpha value is -4.39. The van der Waals surface area contributed by atoms with E-state index in [-0.39, 0.29) is 5.56 Å². The molecule has 0 aliphatic carbocycles. The highest BCUT2D eigenvalue weighted by Gasteiger charge is 2.16. The van der Waals surface area contributed by atoms with E-state index in [2.05, 4.69) is 10.1 Å². The number of rotatable bonds is 5. The van der Waals surface area contributed by atoms with Crippen LogP contribution >= 0.6 is 0 Å². The number of furan rings is 1. The normalized spacial score (nSPS) is 11.4.